The molecule has 6 heteroatoms. The van der Waals surface area contributed by atoms with Gasteiger partial charge in [-0.25, -0.2) is 14.6 Å². The molecule has 2 aromatic carbocycles. The molecule has 5 nitrogen and oxygen atoms in total. The highest BCUT2D eigenvalue weighted by molar-refractivity contribution is 6.30. The van der Waals surface area contributed by atoms with E-state index in [1.807, 2.05) is 41.1 Å². The van der Waals surface area contributed by atoms with Gasteiger partial charge in [-0.15, -0.1) is 0 Å². The molecule has 0 bridgehead atoms. The molecule has 0 radical (unpaired) electrons. The fraction of sp³-hybridized carbons (Fsp3) is 0.105. The Morgan fingerprint density at radius 1 is 1.00 bits per heavy atom. The SMILES string of the molecule is Cc1ccc(-n2ncc3c(NCc4ccc(Cl)cc4)ncnc32)cc1. The molecule has 2 heterocycles. The third kappa shape index (κ3) is 3.19. The van der Waals surface area contributed by atoms with Crippen LogP contribution in [0.1, 0.15) is 11.1 Å². The normalized spacial score (nSPS) is 11.0. The van der Waals surface area contributed by atoms with E-state index in [9.17, 15) is 0 Å². The minimum atomic E-state index is 0.652. The molecule has 0 aliphatic heterocycles. The van der Waals surface area contributed by atoms with Crippen LogP contribution in [0, 0.1) is 6.92 Å². The highest BCUT2D eigenvalue weighted by Gasteiger charge is 2.11. The van der Waals surface area contributed by atoms with Crippen molar-refractivity contribution >= 4 is 28.5 Å². The van der Waals surface area contributed by atoms with E-state index in [1.54, 1.807) is 12.5 Å². The Kier molecular flexibility index (Phi) is 4.07. The number of rotatable bonds is 4. The minimum absolute atomic E-state index is 0.652. The lowest BCUT2D eigenvalue weighted by molar-refractivity contribution is 0.894. The lowest BCUT2D eigenvalue weighted by atomic mass is 10.2. The molecule has 0 saturated carbocycles. The highest BCUT2D eigenvalue weighted by atomic mass is 35.5. The molecule has 0 aliphatic rings. The van der Waals surface area contributed by atoms with Gasteiger partial charge in [-0.05, 0) is 36.8 Å². The Labute approximate surface area is 150 Å². The standard InChI is InChI=1S/C19H16ClN5/c1-13-2-8-16(9-3-13)25-19-17(11-24-25)18(22-12-23-19)21-10-14-4-6-15(20)7-5-14/h2-9,11-12H,10H2,1H3,(H,21,22,23). The lowest BCUT2D eigenvalue weighted by Crippen LogP contribution is -2.03. The second-order valence-corrected chi connectivity index (χ2v) is 6.27. The number of hydrogen-bond acceptors (Lipinski definition) is 4. The smallest absolute Gasteiger partial charge is 0.168 e. The molecule has 1 N–H and O–H groups in total. The first-order valence-corrected chi connectivity index (χ1v) is 8.32. The summed E-state index contributed by atoms with van der Waals surface area (Å²) in [5.41, 5.74) is 4.09. The molecule has 0 amide bonds. The van der Waals surface area contributed by atoms with Gasteiger partial charge in [-0.1, -0.05) is 41.4 Å². The summed E-state index contributed by atoms with van der Waals surface area (Å²) in [4.78, 5) is 8.76. The van der Waals surface area contributed by atoms with Gasteiger partial charge < -0.3 is 5.32 Å². The van der Waals surface area contributed by atoms with Gasteiger partial charge in [0.05, 0.1) is 17.3 Å². The molecule has 0 unspecified atom stereocenters. The predicted octanol–water partition coefficient (Wildman–Crippen LogP) is 4.39. The van der Waals surface area contributed by atoms with Crippen LogP contribution < -0.4 is 5.32 Å². The van der Waals surface area contributed by atoms with Crippen LogP contribution in [-0.2, 0) is 6.54 Å². The van der Waals surface area contributed by atoms with Crippen molar-refractivity contribution in [1.29, 1.82) is 0 Å². The van der Waals surface area contributed by atoms with Gasteiger partial charge in [0.15, 0.2) is 5.65 Å². The minimum Gasteiger partial charge on any atom is -0.365 e. The topological polar surface area (TPSA) is 55.6 Å². The Balaban J connectivity index is 1.64. The first kappa shape index (κ1) is 15.6. The molecule has 4 aromatic rings. The monoisotopic (exact) mass is 349 g/mol. The van der Waals surface area contributed by atoms with Crippen LogP contribution in [0.25, 0.3) is 16.7 Å². The molecule has 25 heavy (non-hydrogen) atoms. The quantitative estimate of drug-likeness (QED) is 0.593. The number of fused-ring (bicyclic) bond motifs is 1. The summed E-state index contributed by atoms with van der Waals surface area (Å²) < 4.78 is 1.82. The van der Waals surface area contributed by atoms with Crippen LogP contribution in [0.2, 0.25) is 5.02 Å². The predicted molar refractivity (Wildman–Crippen MR) is 100 cm³/mol. The van der Waals surface area contributed by atoms with Crippen molar-refractivity contribution in [1.82, 2.24) is 19.7 Å². The van der Waals surface area contributed by atoms with E-state index < -0.39 is 0 Å². The summed E-state index contributed by atoms with van der Waals surface area (Å²) >= 11 is 5.93. The summed E-state index contributed by atoms with van der Waals surface area (Å²) in [6, 6.07) is 15.9. The summed E-state index contributed by atoms with van der Waals surface area (Å²) in [7, 11) is 0. The van der Waals surface area contributed by atoms with Gasteiger partial charge in [0.25, 0.3) is 0 Å². The number of anilines is 1. The van der Waals surface area contributed by atoms with Crippen LogP contribution in [-0.4, -0.2) is 19.7 Å². The van der Waals surface area contributed by atoms with Gasteiger partial charge in [-0.3, -0.25) is 0 Å². The number of hydrogen-bond donors (Lipinski definition) is 1. The van der Waals surface area contributed by atoms with E-state index in [2.05, 4.69) is 39.4 Å². The Bertz CT molecular complexity index is 1010. The number of nitrogens with zero attached hydrogens (tertiary/aromatic N) is 4. The van der Waals surface area contributed by atoms with E-state index in [1.165, 1.54) is 5.56 Å². The van der Waals surface area contributed by atoms with Crippen LogP contribution in [0.5, 0.6) is 0 Å². The van der Waals surface area contributed by atoms with Crippen molar-refractivity contribution in [2.45, 2.75) is 13.5 Å². The fourth-order valence-electron chi connectivity index (χ4n) is 2.65. The maximum Gasteiger partial charge on any atom is 0.168 e. The zero-order valence-electron chi connectivity index (χ0n) is 13.6. The first-order valence-electron chi connectivity index (χ1n) is 7.95. The maximum absolute atomic E-state index is 5.93. The average molecular weight is 350 g/mol. The lowest BCUT2D eigenvalue weighted by Gasteiger charge is -2.07. The Morgan fingerprint density at radius 2 is 1.76 bits per heavy atom. The Morgan fingerprint density at radius 3 is 2.52 bits per heavy atom. The second-order valence-electron chi connectivity index (χ2n) is 5.83. The molecule has 0 saturated heterocycles. The van der Waals surface area contributed by atoms with Crippen molar-refractivity contribution in [3.8, 4) is 5.69 Å². The molecule has 0 atom stereocenters. The third-order valence-electron chi connectivity index (χ3n) is 4.02. The van der Waals surface area contributed by atoms with E-state index in [0.717, 1.165) is 33.1 Å². The fourth-order valence-corrected chi connectivity index (χ4v) is 2.77. The second kappa shape index (κ2) is 6.53. The average Bonchev–Trinajstić information content (AvgIpc) is 3.07. The zero-order valence-corrected chi connectivity index (χ0v) is 14.4. The summed E-state index contributed by atoms with van der Waals surface area (Å²) in [6.45, 7) is 2.71. The Hall–Kier alpha value is -2.92. The number of aromatic nitrogens is 4. The van der Waals surface area contributed by atoms with Gasteiger partial charge in [0.2, 0.25) is 0 Å². The molecule has 4 rings (SSSR count). The number of benzene rings is 2. The highest BCUT2D eigenvalue weighted by Crippen LogP contribution is 2.22. The van der Waals surface area contributed by atoms with Crippen LogP contribution in [0.3, 0.4) is 0 Å². The van der Waals surface area contributed by atoms with Crippen LogP contribution >= 0.6 is 11.6 Å². The van der Waals surface area contributed by atoms with E-state index >= 15 is 0 Å². The van der Waals surface area contributed by atoms with Crippen LogP contribution in [0.4, 0.5) is 5.82 Å². The van der Waals surface area contributed by atoms with Crippen molar-refractivity contribution < 1.29 is 0 Å². The summed E-state index contributed by atoms with van der Waals surface area (Å²) in [6.07, 6.45) is 3.35. The van der Waals surface area contributed by atoms with Gasteiger partial charge in [0.1, 0.15) is 12.1 Å². The zero-order chi connectivity index (χ0) is 17.2. The van der Waals surface area contributed by atoms with Crippen molar-refractivity contribution in [3.63, 3.8) is 0 Å². The van der Waals surface area contributed by atoms with Gasteiger partial charge in [0, 0.05) is 11.6 Å². The van der Waals surface area contributed by atoms with E-state index in [0.29, 0.717) is 6.54 Å². The van der Waals surface area contributed by atoms with Gasteiger partial charge >= 0.3 is 0 Å². The molecular formula is C19H16ClN5. The van der Waals surface area contributed by atoms with Crippen molar-refractivity contribution in [2.24, 2.45) is 0 Å². The van der Waals surface area contributed by atoms with Gasteiger partial charge in [-0.2, -0.15) is 5.10 Å². The molecule has 124 valence electrons. The van der Waals surface area contributed by atoms with Crippen LogP contribution in [0.15, 0.2) is 61.1 Å². The van der Waals surface area contributed by atoms with Crippen molar-refractivity contribution in [3.05, 3.63) is 77.2 Å². The number of nitrogens with one attached hydrogen (secondary N) is 1. The van der Waals surface area contributed by atoms with E-state index in [4.69, 9.17) is 11.6 Å². The molecule has 0 aliphatic carbocycles. The molecular weight excluding hydrogens is 334 g/mol. The van der Waals surface area contributed by atoms with E-state index in [-0.39, 0.29) is 0 Å². The molecule has 2 aromatic heterocycles. The first-order chi connectivity index (χ1) is 12.2. The molecule has 0 fully saturated rings. The largest absolute Gasteiger partial charge is 0.365 e. The molecule has 0 spiro atoms. The summed E-state index contributed by atoms with van der Waals surface area (Å²) in [5, 5.41) is 9.44. The summed E-state index contributed by atoms with van der Waals surface area (Å²) in [5.74, 6) is 0.762. The maximum atomic E-state index is 5.93. The van der Waals surface area contributed by atoms with Crippen molar-refractivity contribution in [2.75, 3.05) is 5.32 Å². The number of halogens is 1. The third-order valence-corrected chi connectivity index (χ3v) is 4.27. The number of aryl methyl sites for hydroxylation is 1.